The lowest BCUT2D eigenvalue weighted by atomic mass is 10.3. The van der Waals surface area contributed by atoms with E-state index in [9.17, 15) is 0 Å². The minimum absolute atomic E-state index is 0.680. The van der Waals surface area contributed by atoms with Crippen molar-refractivity contribution in [2.24, 2.45) is 10.1 Å². The van der Waals surface area contributed by atoms with E-state index >= 15 is 0 Å². The normalized spacial score (nSPS) is 11.1. The van der Waals surface area contributed by atoms with E-state index in [0.29, 0.717) is 10.9 Å². The Labute approximate surface area is 163 Å². The van der Waals surface area contributed by atoms with Gasteiger partial charge in [0.05, 0.1) is 10.2 Å². The predicted molar refractivity (Wildman–Crippen MR) is 105 cm³/mol. The number of aliphatic imine (C=N–C) groups is 1. The Bertz CT molecular complexity index is 872. The minimum atomic E-state index is 0.680. The first kappa shape index (κ1) is 18.1. The first-order valence-corrected chi connectivity index (χ1v) is 9.08. The zero-order valence-electron chi connectivity index (χ0n) is 13.4. The summed E-state index contributed by atoms with van der Waals surface area (Å²) in [5.74, 6) is 0.680. The Balaban J connectivity index is 1.46. The maximum atomic E-state index is 5.24. The van der Waals surface area contributed by atoms with Gasteiger partial charge in [0.15, 0.2) is 5.16 Å². The number of para-hydroxylation sites is 1. The van der Waals surface area contributed by atoms with E-state index in [4.69, 9.17) is 9.57 Å². The van der Waals surface area contributed by atoms with Gasteiger partial charge in [-0.2, -0.15) is 0 Å². The molecule has 2 aromatic carbocycles. The molecule has 0 aliphatic carbocycles. The van der Waals surface area contributed by atoms with Crippen LogP contribution in [0.25, 0.3) is 0 Å². The highest BCUT2D eigenvalue weighted by atomic mass is 79.9. The van der Waals surface area contributed by atoms with Crippen LogP contribution in [-0.2, 0) is 4.84 Å². The number of benzene rings is 2. The van der Waals surface area contributed by atoms with E-state index in [1.54, 1.807) is 12.4 Å². The van der Waals surface area contributed by atoms with Crippen molar-refractivity contribution < 1.29 is 9.57 Å². The highest BCUT2D eigenvalue weighted by molar-refractivity contribution is 9.10. The summed E-state index contributed by atoms with van der Waals surface area (Å²) in [5, 5.41) is 4.32. The second-order valence-corrected chi connectivity index (χ2v) is 6.72. The molecule has 0 fully saturated rings. The summed E-state index contributed by atoms with van der Waals surface area (Å²) in [6.45, 7) is 0. The van der Waals surface area contributed by atoms with Crippen molar-refractivity contribution >= 4 is 46.2 Å². The molecule has 3 rings (SSSR count). The molecule has 1 heterocycles. The quantitative estimate of drug-likeness (QED) is 0.227. The molecular formula is C18H13BrN4O2S. The van der Waals surface area contributed by atoms with Crippen molar-refractivity contribution in [1.29, 1.82) is 0 Å². The van der Waals surface area contributed by atoms with Gasteiger partial charge in [0.1, 0.15) is 5.75 Å². The first-order chi connectivity index (χ1) is 12.8. The topological polar surface area (TPSA) is 69.0 Å². The van der Waals surface area contributed by atoms with Gasteiger partial charge in [0.2, 0.25) is 12.8 Å². The van der Waals surface area contributed by atoms with E-state index in [1.165, 1.54) is 24.6 Å². The monoisotopic (exact) mass is 428 g/mol. The van der Waals surface area contributed by atoms with Crippen LogP contribution in [0.15, 0.2) is 91.7 Å². The molecule has 0 saturated carbocycles. The Morgan fingerprint density at radius 2 is 1.65 bits per heavy atom. The van der Waals surface area contributed by atoms with Crippen LogP contribution in [0.4, 0.5) is 5.69 Å². The van der Waals surface area contributed by atoms with Crippen LogP contribution in [0.1, 0.15) is 0 Å². The third-order valence-electron chi connectivity index (χ3n) is 2.93. The van der Waals surface area contributed by atoms with Crippen molar-refractivity contribution in [3.63, 3.8) is 0 Å². The van der Waals surface area contributed by atoms with E-state index < -0.39 is 0 Å². The second-order valence-electron chi connectivity index (χ2n) is 4.76. The van der Waals surface area contributed by atoms with E-state index in [1.807, 2.05) is 54.6 Å². The fourth-order valence-corrected chi connectivity index (χ4v) is 2.68. The lowest BCUT2D eigenvalue weighted by Gasteiger charge is -2.00. The molecular weight excluding hydrogens is 416 g/mol. The predicted octanol–water partition coefficient (Wildman–Crippen LogP) is 5.09. The van der Waals surface area contributed by atoms with Crippen molar-refractivity contribution in [1.82, 2.24) is 9.97 Å². The zero-order chi connectivity index (χ0) is 18.0. The molecule has 1 aromatic heterocycles. The van der Waals surface area contributed by atoms with Crippen molar-refractivity contribution in [2.75, 3.05) is 0 Å². The molecule has 0 aliphatic heterocycles. The van der Waals surface area contributed by atoms with Crippen LogP contribution >= 0.6 is 27.7 Å². The SMILES string of the molecule is Brc1cnc(Sc2ccc(/N=C/O/N=C/Oc3ccccc3)cc2)nc1. The third-order valence-corrected chi connectivity index (χ3v) is 4.24. The van der Waals surface area contributed by atoms with Gasteiger partial charge in [-0.15, -0.1) is 0 Å². The molecule has 0 amide bonds. The number of nitrogens with zero attached hydrogens (tertiary/aromatic N) is 4. The summed E-state index contributed by atoms with van der Waals surface area (Å²) in [7, 11) is 0. The number of ether oxygens (including phenoxy) is 1. The number of oxime groups is 1. The lowest BCUT2D eigenvalue weighted by Crippen LogP contribution is -1.90. The highest BCUT2D eigenvalue weighted by Crippen LogP contribution is 2.26. The van der Waals surface area contributed by atoms with Crippen molar-refractivity contribution in [2.45, 2.75) is 10.1 Å². The van der Waals surface area contributed by atoms with Crippen LogP contribution in [-0.4, -0.2) is 22.8 Å². The van der Waals surface area contributed by atoms with Gasteiger partial charge >= 0.3 is 0 Å². The highest BCUT2D eigenvalue weighted by Gasteiger charge is 2.00. The summed E-state index contributed by atoms with van der Waals surface area (Å²) in [6.07, 6.45) is 5.88. The fraction of sp³-hybridized carbons (Fsp3) is 0. The molecule has 130 valence electrons. The second kappa shape index (κ2) is 9.69. The van der Waals surface area contributed by atoms with Gasteiger partial charge < -0.3 is 9.57 Å². The number of hydrogen-bond acceptors (Lipinski definition) is 7. The Kier molecular flexibility index (Phi) is 6.74. The molecule has 0 atom stereocenters. The van der Waals surface area contributed by atoms with Crippen LogP contribution in [0.5, 0.6) is 5.75 Å². The van der Waals surface area contributed by atoms with E-state index in [-0.39, 0.29) is 0 Å². The molecule has 0 radical (unpaired) electrons. The number of hydrogen-bond donors (Lipinski definition) is 0. The molecule has 8 heteroatoms. The molecule has 0 N–H and O–H groups in total. The van der Waals surface area contributed by atoms with Gasteiger partial charge in [0.25, 0.3) is 0 Å². The zero-order valence-corrected chi connectivity index (χ0v) is 15.8. The summed E-state index contributed by atoms with van der Waals surface area (Å²) in [5.41, 5.74) is 0.741. The maximum absolute atomic E-state index is 5.24. The van der Waals surface area contributed by atoms with Gasteiger partial charge in [-0.3, -0.25) is 0 Å². The lowest BCUT2D eigenvalue weighted by molar-refractivity contribution is 0.335. The average molecular weight is 429 g/mol. The van der Waals surface area contributed by atoms with Crippen LogP contribution in [0, 0.1) is 0 Å². The largest absolute Gasteiger partial charge is 0.442 e. The van der Waals surface area contributed by atoms with Gasteiger partial charge in [-0.05, 0) is 69.2 Å². The number of aromatic nitrogens is 2. The van der Waals surface area contributed by atoms with Crippen molar-refractivity contribution in [3.8, 4) is 5.75 Å². The first-order valence-electron chi connectivity index (χ1n) is 7.47. The summed E-state index contributed by atoms with van der Waals surface area (Å²) in [6, 6.07) is 16.9. The molecule has 0 unspecified atom stereocenters. The molecule has 0 saturated heterocycles. The summed E-state index contributed by atoms with van der Waals surface area (Å²) >= 11 is 4.78. The maximum Gasteiger partial charge on any atom is 0.219 e. The average Bonchev–Trinajstić information content (AvgIpc) is 2.68. The molecule has 26 heavy (non-hydrogen) atoms. The van der Waals surface area contributed by atoms with E-state index in [2.05, 4.69) is 36.0 Å². The molecule has 0 spiro atoms. The summed E-state index contributed by atoms with van der Waals surface area (Å²) in [4.78, 5) is 18.5. The third kappa shape index (κ3) is 5.98. The number of halogens is 1. The van der Waals surface area contributed by atoms with Gasteiger partial charge in [-0.25, -0.2) is 15.0 Å². The Morgan fingerprint density at radius 3 is 2.38 bits per heavy atom. The van der Waals surface area contributed by atoms with Crippen molar-refractivity contribution in [3.05, 3.63) is 71.5 Å². The van der Waals surface area contributed by atoms with E-state index in [0.717, 1.165) is 15.1 Å². The van der Waals surface area contributed by atoms with Crippen LogP contribution in [0.3, 0.4) is 0 Å². The van der Waals surface area contributed by atoms with Gasteiger partial charge in [-0.1, -0.05) is 18.2 Å². The number of rotatable bonds is 7. The fourth-order valence-electron chi connectivity index (χ4n) is 1.78. The molecule has 0 bridgehead atoms. The minimum Gasteiger partial charge on any atom is -0.442 e. The molecule has 6 nitrogen and oxygen atoms in total. The standard InChI is InChI=1S/C18H13BrN4O2S/c19-14-10-20-18(21-11-14)26-17-8-6-15(7-9-17)22-12-25-23-13-24-16-4-2-1-3-5-16/h1-13H/b22-12+,23-13+. The Hall–Kier alpha value is -2.71. The molecule has 0 aliphatic rings. The molecule has 3 aromatic rings. The van der Waals surface area contributed by atoms with Crippen LogP contribution < -0.4 is 4.74 Å². The van der Waals surface area contributed by atoms with Gasteiger partial charge in [0, 0.05) is 17.3 Å². The Morgan fingerprint density at radius 1 is 0.923 bits per heavy atom. The van der Waals surface area contributed by atoms with Crippen LogP contribution in [0.2, 0.25) is 0 Å². The smallest absolute Gasteiger partial charge is 0.219 e. The summed E-state index contributed by atoms with van der Waals surface area (Å²) < 4.78 is 6.09.